The number of halogens is 2. The molecule has 1 N–H and O–H groups in total. The molecule has 3 rings (SSSR count). The van der Waals surface area contributed by atoms with Crippen LogP contribution in [0.15, 0.2) is 78.2 Å². The molecule has 1 amide bonds. The van der Waals surface area contributed by atoms with Gasteiger partial charge in [0.15, 0.2) is 6.61 Å². The highest BCUT2D eigenvalue weighted by atomic mass is 35.5. The Balaban J connectivity index is 1.71. The molecule has 0 unspecified atom stereocenters. The fourth-order valence-electron chi connectivity index (χ4n) is 2.28. The fraction of sp³-hybridized carbons (Fsp3) is 0.0500. The van der Waals surface area contributed by atoms with Crippen molar-refractivity contribution in [3.8, 4) is 5.75 Å². The predicted octanol–water partition coefficient (Wildman–Crippen LogP) is 4.34. The van der Waals surface area contributed by atoms with E-state index >= 15 is 0 Å². The third-order valence-corrected chi connectivity index (χ3v) is 4.06. The van der Waals surface area contributed by atoms with Gasteiger partial charge in [-0.2, -0.15) is 5.10 Å². The summed E-state index contributed by atoms with van der Waals surface area (Å²) >= 11 is 11.9. The van der Waals surface area contributed by atoms with E-state index in [9.17, 15) is 4.79 Å². The summed E-state index contributed by atoms with van der Waals surface area (Å²) in [7, 11) is 0. The maximum Gasteiger partial charge on any atom is 0.277 e. The Hall–Kier alpha value is -2.89. The van der Waals surface area contributed by atoms with Crippen molar-refractivity contribution < 1.29 is 9.53 Å². The molecule has 27 heavy (non-hydrogen) atoms. The van der Waals surface area contributed by atoms with Gasteiger partial charge in [0.1, 0.15) is 5.75 Å². The van der Waals surface area contributed by atoms with Gasteiger partial charge in [-0.15, -0.1) is 0 Å². The smallest absolute Gasteiger partial charge is 0.277 e. The fourth-order valence-corrected chi connectivity index (χ4v) is 2.74. The number of ether oxygens (including phenoxy) is 1. The molecular formula is C20H15Cl2N3O2. The third-order valence-electron chi connectivity index (χ3n) is 3.53. The van der Waals surface area contributed by atoms with Crippen LogP contribution in [0, 0.1) is 0 Å². The summed E-state index contributed by atoms with van der Waals surface area (Å²) < 4.78 is 5.41. The van der Waals surface area contributed by atoms with Crippen LogP contribution in [0.4, 0.5) is 0 Å². The summed E-state index contributed by atoms with van der Waals surface area (Å²) in [5, 5.41) is 5.08. The number of nitrogens with zero attached hydrogens (tertiary/aromatic N) is 2. The van der Waals surface area contributed by atoms with Crippen LogP contribution in [0.3, 0.4) is 0 Å². The molecule has 0 aliphatic rings. The Kier molecular flexibility index (Phi) is 6.41. The lowest BCUT2D eigenvalue weighted by molar-refractivity contribution is -0.123. The van der Waals surface area contributed by atoms with Gasteiger partial charge in [-0.25, -0.2) is 5.43 Å². The van der Waals surface area contributed by atoms with E-state index in [4.69, 9.17) is 27.9 Å². The monoisotopic (exact) mass is 399 g/mol. The lowest BCUT2D eigenvalue weighted by Crippen LogP contribution is -2.26. The summed E-state index contributed by atoms with van der Waals surface area (Å²) in [5.74, 6) is -0.0472. The van der Waals surface area contributed by atoms with Crippen molar-refractivity contribution in [3.63, 3.8) is 0 Å². The van der Waals surface area contributed by atoms with Crippen molar-refractivity contribution in [3.05, 3.63) is 94.2 Å². The van der Waals surface area contributed by atoms with E-state index in [2.05, 4.69) is 15.5 Å². The van der Waals surface area contributed by atoms with Crippen molar-refractivity contribution in [2.75, 3.05) is 6.61 Å². The van der Waals surface area contributed by atoms with E-state index in [1.165, 1.54) is 0 Å². The van der Waals surface area contributed by atoms with E-state index in [1.54, 1.807) is 36.7 Å². The number of carbonyl (C=O) groups is 1. The molecule has 7 heteroatoms. The lowest BCUT2D eigenvalue weighted by Gasteiger charge is -2.09. The zero-order valence-electron chi connectivity index (χ0n) is 14.1. The number of hydrogen-bond donors (Lipinski definition) is 1. The molecule has 0 fully saturated rings. The third kappa shape index (κ3) is 5.29. The van der Waals surface area contributed by atoms with Crippen molar-refractivity contribution in [1.29, 1.82) is 0 Å². The molecular weight excluding hydrogens is 385 g/mol. The van der Waals surface area contributed by atoms with Crippen molar-refractivity contribution in [1.82, 2.24) is 10.4 Å². The zero-order chi connectivity index (χ0) is 19.1. The number of nitrogens with one attached hydrogen (secondary N) is 1. The highest BCUT2D eigenvalue weighted by molar-refractivity contribution is 6.35. The minimum atomic E-state index is -0.418. The van der Waals surface area contributed by atoms with E-state index in [1.807, 2.05) is 36.4 Å². The van der Waals surface area contributed by atoms with Crippen LogP contribution in [-0.4, -0.2) is 23.2 Å². The number of carbonyl (C=O) groups excluding carboxylic acids is 1. The van der Waals surface area contributed by atoms with Gasteiger partial charge in [0.25, 0.3) is 5.91 Å². The van der Waals surface area contributed by atoms with Crippen LogP contribution in [0.25, 0.3) is 0 Å². The van der Waals surface area contributed by atoms with Gasteiger partial charge in [0.05, 0.1) is 10.7 Å². The summed E-state index contributed by atoms with van der Waals surface area (Å²) in [6, 6.07) is 18.0. The first-order valence-electron chi connectivity index (χ1n) is 8.03. The summed E-state index contributed by atoms with van der Waals surface area (Å²) in [6.07, 6.45) is 3.36. The van der Waals surface area contributed by atoms with Gasteiger partial charge in [-0.3, -0.25) is 9.78 Å². The van der Waals surface area contributed by atoms with Gasteiger partial charge in [0, 0.05) is 28.5 Å². The van der Waals surface area contributed by atoms with Crippen molar-refractivity contribution in [2.45, 2.75) is 0 Å². The molecule has 0 saturated heterocycles. The normalized spacial score (nSPS) is 11.1. The van der Waals surface area contributed by atoms with Gasteiger partial charge < -0.3 is 4.74 Å². The van der Waals surface area contributed by atoms with Gasteiger partial charge >= 0.3 is 0 Å². The number of pyridine rings is 1. The second-order valence-corrected chi connectivity index (χ2v) is 6.31. The van der Waals surface area contributed by atoms with E-state index < -0.39 is 5.91 Å². The molecule has 136 valence electrons. The molecule has 0 aliphatic heterocycles. The van der Waals surface area contributed by atoms with Gasteiger partial charge in [0.2, 0.25) is 0 Å². The van der Waals surface area contributed by atoms with Crippen molar-refractivity contribution in [2.24, 2.45) is 5.10 Å². The second kappa shape index (κ2) is 9.16. The van der Waals surface area contributed by atoms with Crippen LogP contribution in [0.5, 0.6) is 5.75 Å². The number of rotatable bonds is 6. The Bertz CT molecular complexity index is 906. The second-order valence-electron chi connectivity index (χ2n) is 5.47. The molecule has 5 nitrogen and oxygen atoms in total. The predicted molar refractivity (Wildman–Crippen MR) is 106 cm³/mol. The molecule has 0 saturated carbocycles. The first-order chi connectivity index (χ1) is 13.1. The maximum atomic E-state index is 12.1. The van der Waals surface area contributed by atoms with Crippen LogP contribution in [-0.2, 0) is 4.79 Å². The standard InChI is InChI=1S/C20H15Cl2N3O2/c21-16-8-9-18(17(22)11-16)27-13-19(26)24-25-20(14-5-2-1-3-6-14)15-7-4-10-23-12-15/h1-12H,13H2,(H,24,26). The number of amides is 1. The summed E-state index contributed by atoms with van der Waals surface area (Å²) in [4.78, 5) is 16.2. The first-order valence-corrected chi connectivity index (χ1v) is 8.79. The van der Waals surface area contributed by atoms with E-state index in [0.29, 0.717) is 21.5 Å². The Morgan fingerprint density at radius 2 is 1.81 bits per heavy atom. The molecule has 0 bridgehead atoms. The van der Waals surface area contributed by atoms with Crippen LogP contribution in [0.1, 0.15) is 11.1 Å². The zero-order valence-corrected chi connectivity index (χ0v) is 15.6. The number of aromatic nitrogens is 1. The van der Waals surface area contributed by atoms with E-state index in [-0.39, 0.29) is 6.61 Å². The first kappa shape index (κ1) is 18.9. The molecule has 1 heterocycles. The molecule has 1 aromatic heterocycles. The van der Waals surface area contributed by atoms with Gasteiger partial charge in [-0.05, 0) is 30.3 Å². The van der Waals surface area contributed by atoms with E-state index in [0.717, 1.165) is 11.1 Å². The van der Waals surface area contributed by atoms with Gasteiger partial charge in [-0.1, -0.05) is 53.5 Å². The number of benzene rings is 2. The topological polar surface area (TPSA) is 63.6 Å². The SMILES string of the molecule is O=C(COc1ccc(Cl)cc1Cl)NN=C(c1ccccc1)c1cccnc1. The Labute approximate surface area is 166 Å². The Morgan fingerprint density at radius 1 is 1.04 bits per heavy atom. The molecule has 0 aliphatic carbocycles. The highest BCUT2D eigenvalue weighted by Gasteiger charge is 2.10. The Morgan fingerprint density at radius 3 is 2.52 bits per heavy atom. The lowest BCUT2D eigenvalue weighted by atomic mass is 10.0. The van der Waals surface area contributed by atoms with Crippen LogP contribution < -0.4 is 10.2 Å². The molecule has 3 aromatic rings. The van der Waals surface area contributed by atoms with Crippen molar-refractivity contribution >= 4 is 34.8 Å². The highest BCUT2D eigenvalue weighted by Crippen LogP contribution is 2.27. The molecule has 0 radical (unpaired) electrons. The number of hydrogen-bond acceptors (Lipinski definition) is 4. The largest absolute Gasteiger partial charge is 0.482 e. The molecule has 2 aromatic carbocycles. The minimum absolute atomic E-state index is 0.236. The summed E-state index contributed by atoms with van der Waals surface area (Å²) in [6.45, 7) is -0.236. The summed E-state index contributed by atoms with van der Waals surface area (Å²) in [5.41, 5.74) is 4.74. The van der Waals surface area contributed by atoms with Crippen LogP contribution >= 0.6 is 23.2 Å². The maximum absolute atomic E-state index is 12.1. The average Bonchev–Trinajstić information content (AvgIpc) is 2.69. The van der Waals surface area contributed by atoms with Crippen LogP contribution in [0.2, 0.25) is 10.0 Å². The number of hydrazone groups is 1. The molecule has 0 spiro atoms. The quantitative estimate of drug-likeness (QED) is 0.495. The minimum Gasteiger partial charge on any atom is -0.482 e. The molecule has 0 atom stereocenters. The average molecular weight is 400 g/mol.